The molecule has 1 N–H and O–H groups in total. The maximum Gasteiger partial charge on any atom is 0.422 e. The van der Waals surface area contributed by atoms with Gasteiger partial charge < -0.3 is 19.3 Å². The van der Waals surface area contributed by atoms with Crippen LogP contribution in [-0.2, 0) is 17.8 Å². The molecule has 1 aromatic heterocycles. The van der Waals surface area contributed by atoms with Gasteiger partial charge in [0.1, 0.15) is 11.5 Å². The van der Waals surface area contributed by atoms with Crippen LogP contribution in [0.3, 0.4) is 0 Å². The number of amides is 1. The van der Waals surface area contributed by atoms with Crippen LogP contribution in [0.1, 0.15) is 23.4 Å². The van der Waals surface area contributed by atoms with Gasteiger partial charge in [-0.15, -0.1) is 0 Å². The van der Waals surface area contributed by atoms with Crippen molar-refractivity contribution in [2.24, 2.45) is 0 Å². The number of nitrogens with one attached hydrogen (secondary N) is 1. The second kappa shape index (κ2) is 8.59. The summed E-state index contributed by atoms with van der Waals surface area (Å²) in [4.78, 5) is 11.9. The van der Waals surface area contributed by atoms with E-state index >= 15 is 0 Å². The third-order valence-corrected chi connectivity index (χ3v) is 3.40. The highest BCUT2D eigenvalue weighted by atomic mass is 19.4. The molecule has 0 atom stereocenters. The molecule has 142 valence electrons. The number of alkyl halides is 3. The Morgan fingerprint density at radius 1 is 1.27 bits per heavy atom. The van der Waals surface area contributed by atoms with E-state index in [1.54, 1.807) is 25.1 Å². The van der Waals surface area contributed by atoms with E-state index in [9.17, 15) is 18.0 Å². The van der Waals surface area contributed by atoms with E-state index in [0.717, 1.165) is 5.56 Å². The van der Waals surface area contributed by atoms with Gasteiger partial charge in [0.25, 0.3) is 0 Å². The molecule has 2 rings (SSSR count). The third-order valence-electron chi connectivity index (χ3n) is 3.40. The number of aromatic nitrogens is 1. The molecule has 1 aromatic carbocycles. The Hall–Kier alpha value is -2.71. The summed E-state index contributed by atoms with van der Waals surface area (Å²) < 4.78 is 51.4. The van der Waals surface area contributed by atoms with E-state index in [0.29, 0.717) is 17.9 Å². The quantitative estimate of drug-likeness (QED) is 0.770. The lowest BCUT2D eigenvalue weighted by molar-refractivity contribution is -0.153. The molecule has 2 aromatic rings. The Labute approximate surface area is 148 Å². The third kappa shape index (κ3) is 6.30. The standard InChI is InChI=1S/C17H19F3N2O4/c1-11-7-13(22-26-11)9-21-16(23)6-4-12-3-5-14(15(8-12)24-2)25-10-17(18,19)20/h3,5,7-8H,4,6,9-10H2,1-2H3,(H,21,23). The summed E-state index contributed by atoms with van der Waals surface area (Å²) in [6.45, 7) is 0.629. The van der Waals surface area contributed by atoms with E-state index in [1.165, 1.54) is 13.2 Å². The van der Waals surface area contributed by atoms with Crippen molar-refractivity contribution in [1.82, 2.24) is 10.5 Å². The van der Waals surface area contributed by atoms with Gasteiger partial charge in [0, 0.05) is 12.5 Å². The van der Waals surface area contributed by atoms with Gasteiger partial charge in [-0.3, -0.25) is 4.79 Å². The van der Waals surface area contributed by atoms with E-state index in [4.69, 9.17) is 14.0 Å². The molecule has 0 radical (unpaired) electrons. The molecule has 6 nitrogen and oxygen atoms in total. The van der Waals surface area contributed by atoms with Crippen LogP contribution in [-0.4, -0.2) is 31.0 Å². The van der Waals surface area contributed by atoms with Crippen molar-refractivity contribution in [3.63, 3.8) is 0 Å². The maximum atomic E-state index is 12.2. The van der Waals surface area contributed by atoms with Crippen LogP contribution in [0.25, 0.3) is 0 Å². The molecular weight excluding hydrogens is 353 g/mol. The average Bonchev–Trinajstić information content (AvgIpc) is 3.01. The lowest BCUT2D eigenvalue weighted by atomic mass is 10.1. The van der Waals surface area contributed by atoms with Crippen molar-refractivity contribution >= 4 is 5.91 Å². The Balaban J connectivity index is 1.85. The summed E-state index contributed by atoms with van der Waals surface area (Å²) in [5.41, 5.74) is 1.37. The smallest absolute Gasteiger partial charge is 0.422 e. The summed E-state index contributed by atoms with van der Waals surface area (Å²) >= 11 is 0. The summed E-state index contributed by atoms with van der Waals surface area (Å²) in [5.74, 6) is 0.667. The largest absolute Gasteiger partial charge is 0.493 e. The SMILES string of the molecule is COc1cc(CCC(=O)NCc2cc(C)on2)ccc1OCC(F)(F)F. The normalized spacial score (nSPS) is 11.3. The fourth-order valence-electron chi connectivity index (χ4n) is 2.18. The first kappa shape index (κ1) is 19.6. The van der Waals surface area contributed by atoms with Crippen LogP contribution < -0.4 is 14.8 Å². The molecule has 0 fully saturated rings. The fourth-order valence-corrected chi connectivity index (χ4v) is 2.18. The Kier molecular flexibility index (Phi) is 6.48. The van der Waals surface area contributed by atoms with Crippen molar-refractivity contribution in [2.45, 2.75) is 32.5 Å². The number of methoxy groups -OCH3 is 1. The summed E-state index contributed by atoms with van der Waals surface area (Å²) in [5, 5.41) is 6.49. The minimum Gasteiger partial charge on any atom is -0.493 e. The van der Waals surface area contributed by atoms with Crippen molar-refractivity contribution in [3.05, 3.63) is 41.3 Å². The van der Waals surface area contributed by atoms with Gasteiger partial charge in [0.15, 0.2) is 18.1 Å². The van der Waals surface area contributed by atoms with Crippen LogP contribution in [0.4, 0.5) is 13.2 Å². The van der Waals surface area contributed by atoms with Gasteiger partial charge in [-0.1, -0.05) is 11.2 Å². The molecule has 0 saturated heterocycles. The van der Waals surface area contributed by atoms with Gasteiger partial charge in [0.2, 0.25) is 5.91 Å². The number of benzene rings is 1. The highest BCUT2D eigenvalue weighted by molar-refractivity contribution is 5.76. The maximum absolute atomic E-state index is 12.2. The second-order valence-electron chi connectivity index (χ2n) is 5.59. The zero-order chi connectivity index (χ0) is 19.2. The second-order valence-corrected chi connectivity index (χ2v) is 5.59. The molecule has 0 saturated carbocycles. The average molecular weight is 372 g/mol. The highest BCUT2D eigenvalue weighted by Gasteiger charge is 2.29. The summed E-state index contributed by atoms with van der Waals surface area (Å²) in [7, 11) is 1.34. The van der Waals surface area contributed by atoms with E-state index in [1.807, 2.05) is 0 Å². The predicted molar refractivity (Wildman–Crippen MR) is 86.0 cm³/mol. The molecule has 9 heteroatoms. The van der Waals surface area contributed by atoms with Crippen LogP contribution in [0.5, 0.6) is 11.5 Å². The van der Waals surface area contributed by atoms with Gasteiger partial charge in [-0.25, -0.2) is 0 Å². The van der Waals surface area contributed by atoms with Gasteiger partial charge in [-0.05, 0) is 31.0 Å². The predicted octanol–water partition coefficient (Wildman–Crippen LogP) is 3.18. The van der Waals surface area contributed by atoms with Crippen molar-refractivity contribution in [2.75, 3.05) is 13.7 Å². The van der Waals surface area contributed by atoms with Crippen LogP contribution >= 0.6 is 0 Å². The van der Waals surface area contributed by atoms with Crippen LogP contribution in [0.15, 0.2) is 28.8 Å². The first-order chi connectivity index (χ1) is 12.3. The van der Waals surface area contributed by atoms with E-state index in [-0.39, 0.29) is 30.4 Å². The highest BCUT2D eigenvalue weighted by Crippen LogP contribution is 2.30. The minimum atomic E-state index is -4.43. The number of rotatable bonds is 8. The zero-order valence-electron chi connectivity index (χ0n) is 14.4. The lowest BCUT2D eigenvalue weighted by Gasteiger charge is -2.13. The number of aryl methyl sites for hydroxylation is 2. The first-order valence-electron chi connectivity index (χ1n) is 7.82. The van der Waals surface area contributed by atoms with Crippen molar-refractivity contribution in [1.29, 1.82) is 0 Å². The number of carbonyl (C=O) groups is 1. The molecule has 0 aliphatic heterocycles. The van der Waals surface area contributed by atoms with E-state index < -0.39 is 12.8 Å². The molecule has 0 aliphatic rings. The molecule has 1 amide bonds. The number of halogens is 3. The molecule has 0 bridgehead atoms. The molecule has 1 heterocycles. The molecule has 0 aliphatic carbocycles. The summed E-state index contributed by atoms with van der Waals surface area (Å²) in [6.07, 6.45) is -3.81. The number of hydrogen-bond acceptors (Lipinski definition) is 5. The van der Waals surface area contributed by atoms with Crippen LogP contribution in [0.2, 0.25) is 0 Å². The molecule has 26 heavy (non-hydrogen) atoms. The number of carbonyl (C=O) groups excluding carboxylic acids is 1. The number of ether oxygens (including phenoxy) is 2. The van der Waals surface area contributed by atoms with Gasteiger partial charge in [-0.2, -0.15) is 13.2 Å². The fraction of sp³-hybridized carbons (Fsp3) is 0.412. The van der Waals surface area contributed by atoms with Crippen LogP contribution in [0, 0.1) is 6.92 Å². The van der Waals surface area contributed by atoms with Crippen molar-refractivity contribution in [3.8, 4) is 11.5 Å². The molecular formula is C17H19F3N2O4. The molecule has 0 unspecified atom stereocenters. The monoisotopic (exact) mass is 372 g/mol. The first-order valence-corrected chi connectivity index (χ1v) is 7.82. The minimum absolute atomic E-state index is 0.000529. The Bertz CT molecular complexity index is 744. The summed E-state index contributed by atoms with van der Waals surface area (Å²) in [6, 6.07) is 6.28. The lowest BCUT2D eigenvalue weighted by Crippen LogP contribution is -2.23. The number of hydrogen-bond donors (Lipinski definition) is 1. The molecule has 0 spiro atoms. The number of nitrogens with zero attached hydrogens (tertiary/aromatic N) is 1. The Morgan fingerprint density at radius 3 is 2.65 bits per heavy atom. The van der Waals surface area contributed by atoms with E-state index in [2.05, 4.69) is 10.5 Å². The topological polar surface area (TPSA) is 73.6 Å². The van der Waals surface area contributed by atoms with Gasteiger partial charge in [0.05, 0.1) is 13.7 Å². The Morgan fingerprint density at radius 2 is 2.04 bits per heavy atom. The van der Waals surface area contributed by atoms with Crippen molar-refractivity contribution < 1.29 is 32.0 Å². The zero-order valence-corrected chi connectivity index (χ0v) is 14.4. The van der Waals surface area contributed by atoms with Gasteiger partial charge >= 0.3 is 6.18 Å².